The summed E-state index contributed by atoms with van der Waals surface area (Å²) in [7, 11) is 0. The molecule has 0 unspecified atom stereocenters. The fraction of sp³-hybridized carbons (Fsp3) is 0.462. The van der Waals surface area contributed by atoms with Crippen LogP contribution in [0.2, 0.25) is 0 Å². The molecule has 0 radical (unpaired) electrons. The van der Waals surface area contributed by atoms with E-state index < -0.39 is 5.60 Å². The second kappa shape index (κ2) is 4.80. The Labute approximate surface area is 115 Å². The highest BCUT2D eigenvalue weighted by Gasteiger charge is 2.28. The van der Waals surface area contributed by atoms with E-state index in [1.54, 1.807) is 4.90 Å². The van der Waals surface area contributed by atoms with E-state index in [-0.39, 0.29) is 6.09 Å². The first-order chi connectivity index (χ1) is 8.37. The van der Waals surface area contributed by atoms with Crippen molar-refractivity contribution in [3.05, 3.63) is 22.7 Å². The topological polar surface area (TPSA) is 38.8 Å². The first kappa shape index (κ1) is 13.2. The molecular weight excluding hydrogens is 298 g/mol. The molecule has 0 spiro atoms. The molecule has 5 heteroatoms. The van der Waals surface area contributed by atoms with E-state index in [1.165, 1.54) is 0 Å². The molecule has 4 nitrogen and oxygen atoms in total. The van der Waals surface area contributed by atoms with Crippen LogP contribution >= 0.6 is 15.9 Å². The van der Waals surface area contributed by atoms with Crippen molar-refractivity contribution < 1.29 is 14.3 Å². The summed E-state index contributed by atoms with van der Waals surface area (Å²) in [5.41, 5.74) is 0.254. The third-order valence-corrected chi connectivity index (χ3v) is 2.89. The quantitative estimate of drug-likeness (QED) is 0.735. The minimum atomic E-state index is -0.495. The fourth-order valence-electron chi connectivity index (χ4n) is 1.70. The Kier molecular flexibility index (Phi) is 3.52. The van der Waals surface area contributed by atoms with Crippen molar-refractivity contribution in [2.24, 2.45) is 0 Å². The van der Waals surface area contributed by atoms with E-state index >= 15 is 0 Å². The Morgan fingerprint density at radius 3 is 2.83 bits per heavy atom. The van der Waals surface area contributed by atoms with Crippen LogP contribution in [0, 0.1) is 0 Å². The van der Waals surface area contributed by atoms with Crippen molar-refractivity contribution in [1.29, 1.82) is 0 Å². The average molecular weight is 314 g/mol. The van der Waals surface area contributed by atoms with Gasteiger partial charge in [0.05, 0.1) is 12.2 Å². The number of hydrogen-bond donors (Lipinski definition) is 0. The zero-order valence-electron chi connectivity index (χ0n) is 10.7. The number of hydrogen-bond acceptors (Lipinski definition) is 3. The maximum atomic E-state index is 12.1. The van der Waals surface area contributed by atoms with Crippen molar-refractivity contribution in [1.82, 2.24) is 0 Å². The SMILES string of the molecule is CC(C)(C)OC(=O)N1CCOc2cc(Br)ccc21. The first-order valence-corrected chi connectivity index (χ1v) is 6.59. The van der Waals surface area contributed by atoms with Gasteiger partial charge in [0, 0.05) is 4.47 Å². The van der Waals surface area contributed by atoms with Gasteiger partial charge in [0.1, 0.15) is 18.0 Å². The number of benzene rings is 1. The standard InChI is InChI=1S/C13H16BrNO3/c1-13(2,3)18-12(16)15-6-7-17-11-8-9(14)4-5-10(11)15/h4-5,8H,6-7H2,1-3H3. The average Bonchev–Trinajstić information content (AvgIpc) is 2.25. The van der Waals surface area contributed by atoms with Gasteiger partial charge >= 0.3 is 6.09 Å². The molecular formula is C13H16BrNO3. The normalized spacial score (nSPS) is 14.8. The molecule has 1 heterocycles. The molecule has 0 bridgehead atoms. The fourth-order valence-corrected chi connectivity index (χ4v) is 2.04. The highest BCUT2D eigenvalue weighted by atomic mass is 79.9. The van der Waals surface area contributed by atoms with Crippen molar-refractivity contribution in [3.63, 3.8) is 0 Å². The van der Waals surface area contributed by atoms with Crippen molar-refractivity contribution >= 4 is 27.7 Å². The van der Waals surface area contributed by atoms with E-state index in [4.69, 9.17) is 9.47 Å². The molecule has 0 aliphatic carbocycles. The van der Waals surface area contributed by atoms with Gasteiger partial charge in [-0.1, -0.05) is 15.9 Å². The van der Waals surface area contributed by atoms with Gasteiger partial charge in [0.2, 0.25) is 0 Å². The van der Waals surface area contributed by atoms with E-state index in [1.807, 2.05) is 39.0 Å². The lowest BCUT2D eigenvalue weighted by molar-refractivity contribution is 0.0568. The van der Waals surface area contributed by atoms with Gasteiger partial charge in [0.25, 0.3) is 0 Å². The van der Waals surface area contributed by atoms with E-state index in [2.05, 4.69) is 15.9 Å². The molecule has 1 aromatic rings. The van der Waals surface area contributed by atoms with Crippen LogP contribution in [0.25, 0.3) is 0 Å². The number of carbonyl (C=O) groups is 1. The van der Waals surface area contributed by atoms with Crippen molar-refractivity contribution in [3.8, 4) is 5.75 Å². The van der Waals surface area contributed by atoms with Crippen molar-refractivity contribution in [2.45, 2.75) is 26.4 Å². The smallest absolute Gasteiger partial charge is 0.415 e. The monoisotopic (exact) mass is 313 g/mol. The number of rotatable bonds is 0. The second-order valence-corrected chi connectivity index (χ2v) is 6.01. The molecule has 0 saturated carbocycles. The lowest BCUT2D eigenvalue weighted by Crippen LogP contribution is -2.41. The van der Waals surface area contributed by atoms with Gasteiger partial charge in [-0.25, -0.2) is 4.79 Å². The molecule has 0 aromatic heterocycles. The summed E-state index contributed by atoms with van der Waals surface area (Å²) in [6, 6.07) is 5.58. The Balaban J connectivity index is 2.25. The molecule has 0 N–H and O–H groups in total. The number of carbonyl (C=O) groups excluding carboxylic acids is 1. The van der Waals surface area contributed by atoms with Crippen LogP contribution in [0.3, 0.4) is 0 Å². The molecule has 18 heavy (non-hydrogen) atoms. The summed E-state index contributed by atoms with van der Waals surface area (Å²) in [6.45, 7) is 6.54. The summed E-state index contributed by atoms with van der Waals surface area (Å²) < 4.78 is 11.8. The van der Waals surface area contributed by atoms with E-state index in [9.17, 15) is 4.79 Å². The number of fused-ring (bicyclic) bond motifs is 1. The van der Waals surface area contributed by atoms with Crippen LogP contribution in [0.15, 0.2) is 22.7 Å². The Morgan fingerprint density at radius 2 is 2.17 bits per heavy atom. The maximum Gasteiger partial charge on any atom is 0.415 e. The zero-order valence-corrected chi connectivity index (χ0v) is 12.3. The summed E-state index contributed by atoms with van der Waals surface area (Å²) in [4.78, 5) is 13.7. The van der Waals surface area contributed by atoms with Gasteiger partial charge in [-0.15, -0.1) is 0 Å². The van der Waals surface area contributed by atoms with E-state index in [0.29, 0.717) is 18.9 Å². The van der Waals surface area contributed by atoms with Crippen LogP contribution in [-0.2, 0) is 4.74 Å². The van der Waals surface area contributed by atoms with E-state index in [0.717, 1.165) is 10.2 Å². The third-order valence-electron chi connectivity index (χ3n) is 2.40. The number of halogens is 1. The molecule has 1 aliphatic heterocycles. The Hall–Kier alpha value is -1.23. The molecule has 1 aromatic carbocycles. The highest BCUT2D eigenvalue weighted by molar-refractivity contribution is 9.10. The lowest BCUT2D eigenvalue weighted by atomic mass is 10.2. The summed E-state index contributed by atoms with van der Waals surface area (Å²) in [5.74, 6) is 0.696. The number of nitrogens with zero attached hydrogens (tertiary/aromatic N) is 1. The second-order valence-electron chi connectivity index (χ2n) is 5.09. The van der Waals surface area contributed by atoms with Crippen molar-refractivity contribution in [2.75, 3.05) is 18.1 Å². The molecule has 0 atom stereocenters. The maximum absolute atomic E-state index is 12.1. The zero-order chi connectivity index (χ0) is 13.3. The minimum absolute atomic E-state index is 0.339. The minimum Gasteiger partial charge on any atom is -0.489 e. The van der Waals surface area contributed by atoms with Gasteiger partial charge in [-0.2, -0.15) is 0 Å². The lowest BCUT2D eigenvalue weighted by Gasteiger charge is -2.31. The largest absolute Gasteiger partial charge is 0.489 e. The third kappa shape index (κ3) is 2.96. The highest BCUT2D eigenvalue weighted by Crippen LogP contribution is 2.34. The molecule has 0 fully saturated rings. The predicted octanol–water partition coefficient (Wildman–Crippen LogP) is 3.58. The summed E-state index contributed by atoms with van der Waals surface area (Å²) in [5, 5.41) is 0. The van der Waals surface area contributed by atoms with Gasteiger partial charge in [0.15, 0.2) is 0 Å². The first-order valence-electron chi connectivity index (χ1n) is 5.80. The Morgan fingerprint density at radius 1 is 1.44 bits per heavy atom. The molecule has 1 amide bonds. The van der Waals surface area contributed by atoms with Crippen LogP contribution in [0.5, 0.6) is 5.75 Å². The molecule has 98 valence electrons. The Bertz CT molecular complexity index is 468. The number of ether oxygens (including phenoxy) is 2. The van der Waals surface area contributed by atoms with Gasteiger partial charge < -0.3 is 9.47 Å². The van der Waals surface area contributed by atoms with Crippen LogP contribution in [0.1, 0.15) is 20.8 Å². The van der Waals surface area contributed by atoms with Gasteiger partial charge in [-0.05, 0) is 39.0 Å². The summed E-state index contributed by atoms with van der Waals surface area (Å²) >= 11 is 3.38. The van der Waals surface area contributed by atoms with Gasteiger partial charge in [-0.3, -0.25) is 4.90 Å². The number of amides is 1. The molecule has 0 saturated heterocycles. The van der Waals surface area contributed by atoms with Crippen LogP contribution < -0.4 is 9.64 Å². The van der Waals surface area contributed by atoms with Crippen LogP contribution in [-0.4, -0.2) is 24.8 Å². The molecule has 2 rings (SSSR count). The predicted molar refractivity (Wildman–Crippen MR) is 73.2 cm³/mol. The number of anilines is 1. The molecule has 1 aliphatic rings. The summed E-state index contributed by atoms with van der Waals surface area (Å²) in [6.07, 6.45) is -0.339. The van der Waals surface area contributed by atoms with Crippen LogP contribution in [0.4, 0.5) is 10.5 Å².